The van der Waals surface area contributed by atoms with Crippen molar-refractivity contribution in [1.29, 1.82) is 0 Å². The molecule has 0 unspecified atom stereocenters. The largest absolute Gasteiger partial charge is 0.495 e. The molecule has 0 atom stereocenters. The van der Waals surface area contributed by atoms with Crippen LogP contribution in [0.25, 0.3) is 0 Å². The number of aryl methyl sites for hydroxylation is 1. The Morgan fingerprint density at radius 1 is 1.17 bits per heavy atom. The Labute approximate surface area is 145 Å². The molecule has 23 heavy (non-hydrogen) atoms. The van der Waals surface area contributed by atoms with Crippen molar-refractivity contribution in [1.82, 2.24) is 0 Å². The van der Waals surface area contributed by atoms with Gasteiger partial charge in [0.2, 0.25) is 5.91 Å². The summed E-state index contributed by atoms with van der Waals surface area (Å²) in [5.41, 5.74) is 2.94. The molecule has 0 aliphatic carbocycles. The van der Waals surface area contributed by atoms with Crippen LogP contribution >= 0.6 is 15.9 Å². The molecule has 4 nitrogen and oxygen atoms in total. The highest BCUT2D eigenvalue weighted by atomic mass is 79.9. The number of halogens is 1. The summed E-state index contributed by atoms with van der Waals surface area (Å²) in [6.45, 7) is 2.37. The summed E-state index contributed by atoms with van der Waals surface area (Å²) in [7, 11) is 1.59. The van der Waals surface area contributed by atoms with Crippen molar-refractivity contribution < 1.29 is 9.53 Å². The highest BCUT2D eigenvalue weighted by Crippen LogP contribution is 2.27. The van der Waals surface area contributed by atoms with Crippen molar-refractivity contribution in [2.45, 2.75) is 19.8 Å². The third-order valence-corrected chi connectivity index (χ3v) is 4.01. The number of amides is 1. The zero-order chi connectivity index (χ0) is 16.7. The highest BCUT2D eigenvalue weighted by Gasteiger charge is 2.06. The van der Waals surface area contributed by atoms with Gasteiger partial charge in [-0.05, 0) is 52.2 Å². The van der Waals surface area contributed by atoms with Gasteiger partial charge in [0.05, 0.1) is 18.1 Å². The molecular formula is C18H21BrN2O2. The van der Waals surface area contributed by atoms with Crippen LogP contribution in [0.4, 0.5) is 11.4 Å². The van der Waals surface area contributed by atoms with E-state index in [0.717, 1.165) is 23.0 Å². The first-order valence-corrected chi connectivity index (χ1v) is 8.38. The van der Waals surface area contributed by atoms with E-state index < -0.39 is 0 Å². The average Bonchev–Trinajstić information content (AvgIpc) is 2.55. The summed E-state index contributed by atoms with van der Waals surface area (Å²) in [6, 6.07) is 13.6. The Morgan fingerprint density at radius 2 is 2.00 bits per heavy atom. The summed E-state index contributed by atoms with van der Waals surface area (Å²) in [4.78, 5) is 12.1. The predicted octanol–water partition coefficient (Wildman–Crippen LogP) is 4.46. The van der Waals surface area contributed by atoms with Crippen molar-refractivity contribution in [2.75, 3.05) is 24.3 Å². The quantitative estimate of drug-likeness (QED) is 0.749. The Hall–Kier alpha value is -2.01. The minimum atomic E-state index is -0.102. The fraction of sp³-hybridized carbons (Fsp3) is 0.278. The van der Waals surface area contributed by atoms with Crippen LogP contribution in [0.1, 0.15) is 18.9 Å². The first-order chi connectivity index (χ1) is 11.1. The molecular weight excluding hydrogens is 356 g/mol. The molecule has 2 rings (SSSR count). The fourth-order valence-corrected chi connectivity index (χ4v) is 2.66. The third-order valence-electron chi connectivity index (χ3n) is 3.35. The fourth-order valence-electron chi connectivity index (χ4n) is 2.25. The van der Waals surface area contributed by atoms with Gasteiger partial charge in [-0.2, -0.15) is 0 Å². The molecule has 2 aromatic rings. The molecule has 2 N–H and O–H groups in total. The topological polar surface area (TPSA) is 50.4 Å². The van der Waals surface area contributed by atoms with E-state index >= 15 is 0 Å². The number of methoxy groups -OCH3 is 1. The molecule has 0 aliphatic heterocycles. The van der Waals surface area contributed by atoms with E-state index in [1.165, 1.54) is 5.56 Å². The molecule has 0 aromatic heterocycles. The number of carbonyl (C=O) groups is 1. The first-order valence-electron chi connectivity index (χ1n) is 7.58. The first kappa shape index (κ1) is 17.3. The lowest BCUT2D eigenvalue weighted by atomic mass is 10.1. The number of rotatable bonds is 7. The van der Waals surface area contributed by atoms with E-state index in [1.807, 2.05) is 24.3 Å². The zero-order valence-electron chi connectivity index (χ0n) is 13.4. The number of ether oxygens (including phenoxy) is 1. The van der Waals surface area contributed by atoms with E-state index in [2.05, 4.69) is 45.6 Å². The summed E-state index contributed by atoms with van der Waals surface area (Å²) in [6.07, 6.45) is 2.15. The highest BCUT2D eigenvalue weighted by molar-refractivity contribution is 9.10. The van der Waals surface area contributed by atoms with E-state index in [4.69, 9.17) is 4.74 Å². The SMILES string of the molecule is CCCc1cccc(NCC(=O)Nc2ccc(Br)c(OC)c2)c1. The van der Waals surface area contributed by atoms with E-state index in [0.29, 0.717) is 11.4 Å². The molecule has 0 spiro atoms. The molecule has 0 aliphatic rings. The van der Waals surface area contributed by atoms with Crippen molar-refractivity contribution in [3.63, 3.8) is 0 Å². The average molecular weight is 377 g/mol. The smallest absolute Gasteiger partial charge is 0.243 e. The molecule has 5 heteroatoms. The van der Waals surface area contributed by atoms with Gasteiger partial charge in [-0.25, -0.2) is 0 Å². The van der Waals surface area contributed by atoms with Crippen LogP contribution in [0.3, 0.4) is 0 Å². The second-order valence-corrected chi connectivity index (χ2v) is 6.06. The maximum atomic E-state index is 12.1. The second kappa shape index (κ2) is 8.58. The zero-order valence-corrected chi connectivity index (χ0v) is 14.9. The summed E-state index contributed by atoms with van der Waals surface area (Å²) < 4.78 is 6.07. The van der Waals surface area contributed by atoms with Gasteiger partial charge in [0, 0.05) is 17.4 Å². The lowest BCUT2D eigenvalue weighted by Crippen LogP contribution is -2.21. The van der Waals surface area contributed by atoms with Gasteiger partial charge in [-0.1, -0.05) is 25.5 Å². The van der Waals surface area contributed by atoms with E-state index in [-0.39, 0.29) is 12.5 Å². The number of carbonyl (C=O) groups excluding carboxylic acids is 1. The predicted molar refractivity (Wildman–Crippen MR) is 98.3 cm³/mol. The van der Waals surface area contributed by atoms with Crippen LogP contribution in [0.5, 0.6) is 5.75 Å². The minimum Gasteiger partial charge on any atom is -0.495 e. The van der Waals surface area contributed by atoms with Crippen LogP contribution in [-0.4, -0.2) is 19.6 Å². The van der Waals surface area contributed by atoms with Gasteiger partial charge >= 0.3 is 0 Å². The van der Waals surface area contributed by atoms with Crippen molar-refractivity contribution in [3.05, 3.63) is 52.5 Å². The number of anilines is 2. The summed E-state index contributed by atoms with van der Waals surface area (Å²) >= 11 is 3.39. The third kappa shape index (κ3) is 5.28. The molecule has 0 fully saturated rings. The second-order valence-electron chi connectivity index (χ2n) is 5.20. The molecule has 2 aromatic carbocycles. The normalized spacial score (nSPS) is 10.2. The molecule has 122 valence electrons. The maximum Gasteiger partial charge on any atom is 0.243 e. The van der Waals surface area contributed by atoms with Gasteiger partial charge in [-0.3, -0.25) is 4.79 Å². The maximum absolute atomic E-state index is 12.1. The molecule has 0 saturated heterocycles. The number of hydrogen-bond acceptors (Lipinski definition) is 3. The van der Waals surface area contributed by atoms with Crippen LogP contribution < -0.4 is 15.4 Å². The van der Waals surface area contributed by atoms with Crippen molar-refractivity contribution >= 4 is 33.2 Å². The number of nitrogens with one attached hydrogen (secondary N) is 2. The Kier molecular flexibility index (Phi) is 6.47. The van der Waals surface area contributed by atoms with E-state index in [1.54, 1.807) is 13.2 Å². The van der Waals surface area contributed by atoms with Crippen LogP contribution in [0.2, 0.25) is 0 Å². The molecule has 0 heterocycles. The van der Waals surface area contributed by atoms with Gasteiger partial charge in [0.15, 0.2) is 0 Å². The van der Waals surface area contributed by atoms with Crippen LogP contribution in [0.15, 0.2) is 46.9 Å². The number of hydrogen-bond donors (Lipinski definition) is 2. The van der Waals surface area contributed by atoms with Gasteiger partial charge in [0.1, 0.15) is 5.75 Å². The van der Waals surface area contributed by atoms with Gasteiger partial charge in [-0.15, -0.1) is 0 Å². The van der Waals surface area contributed by atoms with Crippen LogP contribution in [0, 0.1) is 0 Å². The lowest BCUT2D eigenvalue weighted by molar-refractivity contribution is -0.114. The number of benzene rings is 2. The van der Waals surface area contributed by atoms with E-state index in [9.17, 15) is 4.79 Å². The molecule has 1 amide bonds. The standard InChI is InChI=1S/C18H21BrN2O2/c1-3-5-13-6-4-7-14(10-13)20-12-18(22)21-15-8-9-16(19)17(11-15)23-2/h4,6-11,20H,3,5,12H2,1-2H3,(H,21,22). The van der Waals surface area contributed by atoms with Crippen molar-refractivity contribution in [3.8, 4) is 5.75 Å². The lowest BCUT2D eigenvalue weighted by Gasteiger charge is -2.10. The molecule has 0 bridgehead atoms. The summed E-state index contributed by atoms with van der Waals surface area (Å²) in [5, 5.41) is 6.00. The van der Waals surface area contributed by atoms with Crippen LogP contribution in [-0.2, 0) is 11.2 Å². The molecule has 0 radical (unpaired) electrons. The monoisotopic (exact) mass is 376 g/mol. The Morgan fingerprint density at radius 3 is 2.74 bits per heavy atom. The Bertz CT molecular complexity index is 674. The molecule has 0 saturated carbocycles. The van der Waals surface area contributed by atoms with Crippen molar-refractivity contribution in [2.24, 2.45) is 0 Å². The van der Waals surface area contributed by atoms with Gasteiger partial charge < -0.3 is 15.4 Å². The Balaban J connectivity index is 1.91. The minimum absolute atomic E-state index is 0.102. The summed E-state index contributed by atoms with van der Waals surface area (Å²) in [5.74, 6) is 0.582. The van der Waals surface area contributed by atoms with Gasteiger partial charge in [0.25, 0.3) is 0 Å².